The van der Waals surface area contributed by atoms with Crippen molar-refractivity contribution in [3.63, 3.8) is 0 Å². The topological polar surface area (TPSA) is 62.2 Å². The van der Waals surface area contributed by atoms with E-state index in [2.05, 4.69) is 25.8 Å². The van der Waals surface area contributed by atoms with Gasteiger partial charge >= 0.3 is 0 Å². The average molecular weight is 462 g/mol. The van der Waals surface area contributed by atoms with Crippen molar-refractivity contribution in [2.24, 2.45) is 5.92 Å². The van der Waals surface area contributed by atoms with Gasteiger partial charge in [-0.1, -0.05) is 29.8 Å². The molecule has 2 fully saturated rings. The fourth-order valence-electron chi connectivity index (χ4n) is 4.96. The van der Waals surface area contributed by atoms with E-state index in [4.69, 9.17) is 16.6 Å². The lowest BCUT2D eigenvalue weighted by Gasteiger charge is -2.34. The van der Waals surface area contributed by atoms with Gasteiger partial charge in [0.05, 0.1) is 17.4 Å². The Morgan fingerprint density at radius 2 is 1.85 bits per heavy atom. The minimum Gasteiger partial charge on any atom is -0.334 e. The predicted octanol–water partition coefficient (Wildman–Crippen LogP) is 4.77. The van der Waals surface area contributed by atoms with E-state index in [0.717, 1.165) is 68.8 Å². The Balaban J connectivity index is 1.25. The molecule has 1 aromatic carbocycles. The average Bonchev–Trinajstić information content (AvgIpc) is 3.35. The highest BCUT2D eigenvalue weighted by molar-refractivity contribution is 6.30. The van der Waals surface area contributed by atoms with Crippen molar-refractivity contribution < 1.29 is 4.79 Å². The molecule has 2 saturated heterocycles. The molecule has 3 aromatic rings. The van der Waals surface area contributed by atoms with E-state index in [9.17, 15) is 4.79 Å². The van der Waals surface area contributed by atoms with Crippen LogP contribution in [0.5, 0.6) is 0 Å². The number of hydrogen-bond donors (Lipinski definition) is 0. The van der Waals surface area contributed by atoms with Crippen molar-refractivity contribution in [1.29, 1.82) is 0 Å². The van der Waals surface area contributed by atoms with Gasteiger partial charge in [-0.3, -0.25) is 14.7 Å². The molecule has 0 N–H and O–H groups in total. The van der Waals surface area contributed by atoms with E-state index in [0.29, 0.717) is 10.8 Å². The van der Waals surface area contributed by atoms with Crippen LogP contribution in [0.4, 0.5) is 0 Å². The van der Waals surface area contributed by atoms with Crippen molar-refractivity contribution in [3.05, 3.63) is 77.3 Å². The summed E-state index contributed by atoms with van der Waals surface area (Å²) in [5.41, 5.74) is 2.89. The SMILES string of the molecule is O=C(C1CCN(Cc2ccccn2)CC1)N1CCC[C@@H]1c1ccnc(-c2cccc(Cl)c2)n1. The smallest absolute Gasteiger partial charge is 0.226 e. The number of aromatic nitrogens is 3. The molecule has 1 atom stereocenters. The van der Waals surface area contributed by atoms with Crippen molar-refractivity contribution >= 4 is 17.5 Å². The number of halogens is 1. The van der Waals surface area contributed by atoms with Gasteiger partial charge < -0.3 is 4.90 Å². The summed E-state index contributed by atoms with van der Waals surface area (Å²) in [7, 11) is 0. The highest BCUT2D eigenvalue weighted by atomic mass is 35.5. The van der Waals surface area contributed by atoms with Crippen LogP contribution in [0.3, 0.4) is 0 Å². The molecule has 170 valence electrons. The van der Waals surface area contributed by atoms with Crippen LogP contribution < -0.4 is 0 Å². The maximum absolute atomic E-state index is 13.5. The van der Waals surface area contributed by atoms with Gasteiger partial charge in [-0.05, 0) is 69.1 Å². The Kier molecular flexibility index (Phi) is 6.65. The normalized spacial score (nSPS) is 19.7. The van der Waals surface area contributed by atoms with E-state index >= 15 is 0 Å². The summed E-state index contributed by atoms with van der Waals surface area (Å²) in [6.07, 6.45) is 7.36. The van der Waals surface area contributed by atoms with Gasteiger partial charge in [0, 0.05) is 42.0 Å². The van der Waals surface area contributed by atoms with Crippen molar-refractivity contribution in [2.75, 3.05) is 19.6 Å². The number of carbonyl (C=O) groups excluding carboxylic acids is 1. The molecule has 0 unspecified atom stereocenters. The zero-order chi connectivity index (χ0) is 22.6. The fraction of sp³-hybridized carbons (Fsp3) is 0.385. The molecule has 7 heteroatoms. The molecular formula is C26H28ClN5O. The minimum absolute atomic E-state index is 0.0185. The van der Waals surface area contributed by atoms with Gasteiger partial charge in [-0.25, -0.2) is 9.97 Å². The van der Waals surface area contributed by atoms with Gasteiger partial charge in [-0.15, -0.1) is 0 Å². The number of hydrogen-bond acceptors (Lipinski definition) is 5. The Bertz CT molecular complexity index is 1100. The quantitative estimate of drug-likeness (QED) is 0.547. The summed E-state index contributed by atoms with van der Waals surface area (Å²) >= 11 is 6.15. The Morgan fingerprint density at radius 3 is 2.64 bits per heavy atom. The Hall–Kier alpha value is -2.83. The molecule has 1 amide bonds. The van der Waals surface area contributed by atoms with Crippen LogP contribution in [0, 0.1) is 5.92 Å². The molecule has 4 heterocycles. The number of carbonyl (C=O) groups is 1. The zero-order valence-electron chi connectivity index (χ0n) is 18.6. The predicted molar refractivity (Wildman–Crippen MR) is 128 cm³/mol. The van der Waals surface area contributed by atoms with Crippen LogP contribution in [-0.2, 0) is 11.3 Å². The maximum atomic E-state index is 13.5. The van der Waals surface area contributed by atoms with E-state index in [-0.39, 0.29) is 17.9 Å². The van der Waals surface area contributed by atoms with Crippen molar-refractivity contribution in [1.82, 2.24) is 24.8 Å². The van der Waals surface area contributed by atoms with Crippen LogP contribution >= 0.6 is 11.6 Å². The third-order valence-electron chi connectivity index (χ3n) is 6.69. The lowest BCUT2D eigenvalue weighted by Crippen LogP contribution is -2.42. The van der Waals surface area contributed by atoms with Crippen LogP contribution in [0.1, 0.15) is 43.1 Å². The first-order valence-corrected chi connectivity index (χ1v) is 12.1. The van der Waals surface area contributed by atoms with E-state index in [1.54, 1.807) is 6.20 Å². The monoisotopic (exact) mass is 461 g/mol. The van der Waals surface area contributed by atoms with Gasteiger partial charge in [0.25, 0.3) is 0 Å². The van der Waals surface area contributed by atoms with Crippen LogP contribution in [0.2, 0.25) is 5.02 Å². The number of pyridine rings is 1. The summed E-state index contributed by atoms with van der Waals surface area (Å²) in [4.78, 5) is 31.6. The van der Waals surface area contributed by atoms with Crippen molar-refractivity contribution in [2.45, 2.75) is 38.3 Å². The summed E-state index contributed by atoms with van der Waals surface area (Å²) in [6, 6.07) is 15.6. The van der Waals surface area contributed by atoms with Crippen LogP contribution in [0.15, 0.2) is 60.9 Å². The molecule has 0 saturated carbocycles. The summed E-state index contributed by atoms with van der Waals surface area (Å²) in [6.45, 7) is 3.51. The molecule has 2 aliphatic rings. The molecule has 6 nitrogen and oxygen atoms in total. The molecular weight excluding hydrogens is 434 g/mol. The van der Waals surface area contributed by atoms with Gasteiger partial charge in [-0.2, -0.15) is 0 Å². The molecule has 0 bridgehead atoms. The van der Waals surface area contributed by atoms with E-state index in [1.165, 1.54) is 0 Å². The molecule has 33 heavy (non-hydrogen) atoms. The third-order valence-corrected chi connectivity index (χ3v) is 6.92. The number of likely N-dealkylation sites (tertiary alicyclic amines) is 2. The maximum Gasteiger partial charge on any atom is 0.226 e. The molecule has 2 aromatic heterocycles. The van der Waals surface area contributed by atoms with Crippen LogP contribution in [-0.4, -0.2) is 50.3 Å². The molecule has 0 aliphatic carbocycles. The molecule has 2 aliphatic heterocycles. The van der Waals surface area contributed by atoms with Gasteiger partial charge in [0.2, 0.25) is 5.91 Å². The summed E-state index contributed by atoms with van der Waals surface area (Å²) in [5, 5.41) is 0.661. The lowest BCUT2D eigenvalue weighted by molar-refractivity contribution is -0.138. The van der Waals surface area contributed by atoms with E-state index < -0.39 is 0 Å². The first-order chi connectivity index (χ1) is 16.2. The van der Waals surface area contributed by atoms with Crippen molar-refractivity contribution in [3.8, 4) is 11.4 Å². The van der Waals surface area contributed by atoms with Gasteiger partial charge in [0.1, 0.15) is 0 Å². The molecule has 5 rings (SSSR count). The standard InChI is InChI=1S/C26H28ClN5O/c27-21-6-3-5-20(17-21)25-29-13-9-23(30-25)24-8-4-14-32(24)26(33)19-10-15-31(16-11-19)18-22-7-1-2-12-28-22/h1-3,5-7,9,12-13,17,19,24H,4,8,10-11,14-16,18H2/t24-/m1/s1. The largest absolute Gasteiger partial charge is 0.334 e. The number of rotatable bonds is 5. The Morgan fingerprint density at radius 1 is 0.970 bits per heavy atom. The van der Waals surface area contributed by atoms with Gasteiger partial charge in [0.15, 0.2) is 5.82 Å². The second-order valence-corrected chi connectivity index (χ2v) is 9.31. The number of piperidine rings is 1. The number of benzene rings is 1. The second-order valence-electron chi connectivity index (χ2n) is 8.88. The second kappa shape index (κ2) is 9.98. The molecule has 0 radical (unpaired) electrons. The fourth-order valence-corrected chi connectivity index (χ4v) is 5.15. The van der Waals surface area contributed by atoms with E-state index in [1.807, 2.05) is 48.7 Å². The zero-order valence-corrected chi connectivity index (χ0v) is 19.4. The van der Waals surface area contributed by atoms with Crippen LogP contribution in [0.25, 0.3) is 11.4 Å². The highest BCUT2D eigenvalue weighted by Crippen LogP contribution is 2.34. The number of amides is 1. The number of nitrogens with zero attached hydrogens (tertiary/aromatic N) is 5. The highest BCUT2D eigenvalue weighted by Gasteiger charge is 2.36. The third kappa shape index (κ3) is 5.07. The molecule has 0 spiro atoms. The summed E-state index contributed by atoms with van der Waals surface area (Å²) in [5.74, 6) is 1.01. The first-order valence-electron chi connectivity index (χ1n) is 11.7. The summed E-state index contributed by atoms with van der Waals surface area (Å²) < 4.78 is 0. The minimum atomic E-state index is 0.0185. The first kappa shape index (κ1) is 22.0. The lowest BCUT2D eigenvalue weighted by atomic mass is 9.94. The Labute approximate surface area is 199 Å².